The Balaban J connectivity index is 1.52. The highest BCUT2D eigenvalue weighted by Gasteiger charge is 2.32. The number of nitrogens with zero attached hydrogens (tertiary/aromatic N) is 4. The van der Waals surface area contributed by atoms with E-state index < -0.39 is 6.55 Å². The summed E-state index contributed by atoms with van der Waals surface area (Å²) in [7, 11) is 0. The molecule has 0 radical (unpaired) electrons. The van der Waals surface area contributed by atoms with Crippen LogP contribution in [0, 0.1) is 5.92 Å². The number of benzene rings is 1. The number of para-hydroxylation sites is 2. The van der Waals surface area contributed by atoms with Crippen LogP contribution in [-0.2, 0) is 4.79 Å². The molecule has 9 heteroatoms. The van der Waals surface area contributed by atoms with Gasteiger partial charge in [-0.2, -0.15) is 8.78 Å². The van der Waals surface area contributed by atoms with Crippen LogP contribution >= 0.6 is 11.6 Å². The van der Waals surface area contributed by atoms with Crippen LogP contribution in [0.15, 0.2) is 42.6 Å². The number of nitrogens with one attached hydrogen (secondary N) is 1. The molecule has 30 heavy (non-hydrogen) atoms. The van der Waals surface area contributed by atoms with Crippen molar-refractivity contribution in [3.05, 3.63) is 53.4 Å². The van der Waals surface area contributed by atoms with Crippen molar-refractivity contribution in [2.24, 2.45) is 5.92 Å². The molecular weight excluding hydrogens is 412 g/mol. The van der Waals surface area contributed by atoms with Crippen LogP contribution in [0.25, 0.3) is 11.0 Å². The summed E-state index contributed by atoms with van der Waals surface area (Å²) in [6, 6.07) is 9.85. The summed E-state index contributed by atoms with van der Waals surface area (Å²) in [5.74, 6) is 0.354. The maximum Gasteiger partial charge on any atom is 0.320 e. The van der Waals surface area contributed by atoms with Gasteiger partial charge in [-0.15, -0.1) is 0 Å². The number of amides is 1. The Morgan fingerprint density at radius 2 is 2.07 bits per heavy atom. The number of imidazole rings is 1. The van der Waals surface area contributed by atoms with Gasteiger partial charge in [0.2, 0.25) is 5.91 Å². The van der Waals surface area contributed by atoms with Gasteiger partial charge in [-0.05, 0) is 50.6 Å². The number of piperidine rings is 1. The molecule has 0 saturated carbocycles. The Bertz CT molecular complexity index is 1040. The lowest BCUT2D eigenvalue weighted by Gasteiger charge is -2.36. The monoisotopic (exact) mass is 433 g/mol. The van der Waals surface area contributed by atoms with Crippen molar-refractivity contribution in [1.29, 1.82) is 0 Å². The second-order valence-corrected chi connectivity index (χ2v) is 7.90. The van der Waals surface area contributed by atoms with Crippen LogP contribution in [0.4, 0.5) is 14.6 Å². The number of fused-ring (bicyclic) bond motifs is 1. The Hall–Kier alpha value is -2.58. The lowest BCUT2D eigenvalue weighted by molar-refractivity contribution is -0.121. The number of carbonyl (C=O) groups is 1. The van der Waals surface area contributed by atoms with E-state index in [0.717, 1.165) is 24.0 Å². The number of rotatable bonds is 5. The van der Waals surface area contributed by atoms with E-state index in [-0.39, 0.29) is 17.9 Å². The van der Waals surface area contributed by atoms with Gasteiger partial charge in [0.25, 0.3) is 0 Å². The molecule has 2 unspecified atom stereocenters. The van der Waals surface area contributed by atoms with Crippen LogP contribution < -0.4 is 5.32 Å². The summed E-state index contributed by atoms with van der Waals surface area (Å²) in [6.45, 7) is 0.361. The van der Waals surface area contributed by atoms with Gasteiger partial charge in [-0.25, -0.2) is 9.97 Å². The number of hydrogen-bond donors (Lipinski definition) is 1. The van der Waals surface area contributed by atoms with Crippen molar-refractivity contribution in [2.75, 3.05) is 18.4 Å². The fraction of sp³-hybridized carbons (Fsp3) is 0.381. The highest BCUT2D eigenvalue weighted by atomic mass is 35.5. The normalized spacial score (nSPS) is 18.6. The van der Waals surface area contributed by atoms with Crippen molar-refractivity contribution in [1.82, 2.24) is 19.4 Å². The van der Waals surface area contributed by atoms with E-state index in [4.69, 9.17) is 11.6 Å². The quantitative estimate of drug-likeness (QED) is 0.622. The standard InChI is InChI=1S/C21H22ClF2N5O/c1-13(19-26-16-6-2-3-7-17(16)29(19)21(23)24)28-10-4-5-14(12-28)20(30)27-18-9-8-15(22)11-25-18/h2-3,6-9,11,13-14,21H,4-5,10,12H2,1H3,(H,25,27,30). The molecule has 1 saturated heterocycles. The molecule has 0 bridgehead atoms. The summed E-state index contributed by atoms with van der Waals surface area (Å²) in [5, 5.41) is 3.31. The first-order valence-corrected chi connectivity index (χ1v) is 10.2. The Morgan fingerprint density at radius 3 is 2.80 bits per heavy atom. The van der Waals surface area contributed by atoms with Crippen LogP contribution in [0.3, 0.4) is 0 Å². The van der Waals surface area contributed by atoms with E-state index >= 15 is 0 Å². The number of hydrogen-bond acceptors (Lipinski definition) is 4. The van der Waals surface area contributed by atoms with Gasteiger partial charge in [0.1, 0.15) is 11.6 Å². The lowest BCUT2D eigenvalue weighted by Crippen LogP contribution is -2.42. The van der Waals surface area contributed by atoms with Crippen molar-refractivity contribution in [2.45, 2.75) is 32.4 Å². The zero-order valence-electron chi connectivity index (χ0n) is 16.4. The molecular formula is C21H22ClF2N5O. The minimum Gasteiger partial charge on any atom is -0.310 e. The highest BCUT2D eigenvalue weighted by Crippen LogP contribution is 2.32. The lowest BCUT2D eigenvalue weighted by atomic mass is 9.96. The van der Waals surface area contributed by atoms with Gasteiger partial charge < -0.3 is 5.32 Å². The minimum atomic E-state index is -2.69. The number of likely N-dealkylation sites (tertiary alicyclic amines) is 1. The third kappa shape index (κ3) is 4.15. The zero-order valence-corrected chi connectivity index (χ0v) is 17.2. The maximum atomic E-state index is 13.8. The number of aromatic nitrogens is 3. The molecule has 2 atom stereocenters. The predicted molar refractivity (Wildman–Crippen MR) is 112 cm³/mol. The summed E-state index contributed by atoms with van der Waals surface area (Å²) in [5.41, 5.74) is 0.953. The van der Waals surface area contributed by atoms with Gasteiger partial charge in [0, 0.05) is 12.7 Å². The number of halogens is 3. The first-order valence-electron chi connectivity index (χ1n) is 9.85. The van der Waals surface area contributed by atoms with Gasteiger partial charge in [-0.3, -0.25) is 14.3 Å². The van der Waals surface area contributed by atoms with Gasteiger partial charge in [0.05, 0.1) is 28.0 Å². The largest absolute Gasteiger partial charge is 0.320 e. The molecule has 0 spiro atoms. The second-order valence-electron chi connectivity index (χ2n) is 7.47. The molecule has 1 aliphatic heterocycles. The topological polar surface area (TPSA) is 63.1 Å². The molecule has 0 aliphatic carbocycles. The maximum absolute atomic E-state index is 13.8. The molecule has 1 aliphatic rings. The zero-order chi connectivity index (χ0) is 21.3. The summed E-state index contributed by atoms with van der Waals surface area (Å²) in [4.78, 5) is 23.3. The summed E-state index contributed by atoms with van der Waals surface area (Å²) >= 11 is 5.83. The predicted octanol–water partition coefficient (Wildman–Crippen LogP) is 4.89. The Kier molecular flexibility index (Phi) is 5.97. The first kappa shape index (κ1) is 20.7. The number of pyridine rings is 1. The second kappa shape index (κ2) is 8.65. The van der Waals surface area contributed by atoms with Gasteiger partial charge in [0.15, 0.2) is 0 Å². The van der Waals surface area contributed by atoms with Crippen molar-refractivity contribution in [3.8, 4) is 0 Å². The van der Waals surface area contributed by atoms with Crippen LogP contribution in [0.2, 0.25) is 5.02 Å². The third-order valence-corrected chi connectivity index (χ3v) is 5.77. The van der Waals surface area contributed by atoms with Crippen molar-refractivity contribution in [3.63, 3.8) is 0 Å². The molecule has 3 heterocycles. The van der Waals surface area contributed by atoms with Crippen molar-refractivity contribution >= 4 is 34.4 Å². The Labute approximate surface area is 177 Å². The average molecular weight is 434 g/mol. The molecule has 1 N–H and O–H groups in total. The summed E-state index contributed by atoms with van der Waals surface area (Å²) < 4.78 is 28.6. The minimum absolute atomic E-state index is 0.135. The molecule has 158 valence electrons. The number of alkyl halides is 2. The van der Waals surface area contributed by atoms with Gasteiger partial charge in [-0.1, -0.05) is 23.7 Å². The van der Waals surface area contributed by atoms with E-state index in [1.807, 2.05) is 11.8 Å². The van der Waals surface area contributed by atoms with E-state index in [0.29, 0.717) is 34.2 Å². The molecule has 1 fully saturated rings. The number of anilines is 1. The van der Waals surface area contributed by atoms with E-state index in [1.54, 1.807) is 36.4 Å². The summed E-state index contributed by atoms with van der Waals surface area (Å²) in [6.07, 6.45) is 3.00. The van der Waals surface area contributed by atoms with E-state index in [1.165, 1.54) is 6.20 Å². The Morgan fingerprint density at radius 1 is 1.27 bits per heavy atom. The molecule has 4 rings (SSSR count). The van der Waals surface area contributed by atoms with Crippen molar-refractivity contribution < 1.29 is 13.6 Å². The van der Waals surface area contributed by atoms with Gasteiger partial charge >= 0.3 is 6.55 Å². The average Bonchev–Trinajstić information content (AvgIpc) is 3.15. The first-order chi connectivity index (χ1) is 14.4. The van der Waals surface area contributed by atoms with Crippen LogP contribution in [-0.4, -0.2) is 38.4 Å². The van der Waals surface area contributed by atoms with E-state index in [9.17, 15) is 13.6 Å². The van der Waals surface area contributed by atoms with E-state index in [2.05, 4.69) is 15.3 Å². The van der Waals surface area contributed by atoms with Crippen LogP contribution in [0.5, 0.6) is 0 Å². The molecule has 2 aromatic heterocycles. The number of carbonyl (C=O) groups excluding carboxylic acids is 1. The molecule has 1 aromatic carbocycles. The SMILES string of the molecule is CC(c1nc2ccccc2n1C(F)F)N1CCCC(C(=O)Nc2ccc(Cl)cn2)C1. The molecule has 6 nitrogen and oxygen atoms in total. The molecule has 3 aromatic rings. The highest BCUT2D eigenvalue weighted by molar-refractivity contribution is 6.30. The fourth-order valence-electron chi connectivity index (χ4n) is 3.98. The molecule has 1 amide bonds. The van der Waals surface area contributed by atoms with Crippen LogP contribution in [0.1, 0.15) is 38.2 Å². The fourth-order valence-corrected chi connectivity index (χ4v) is 4.09. The third-order valence-electron chi connectivity index (χ3n) is 5.54. The smallest absolute Gasteiger partial charge is 0.310 e.